The molecule has 136 valence electrons. The van der Waals surface area contributed by atoms with E-state index in [9.17, 15) is 24.3 Å². The maximum atomic E-state index is 11.4. The topological polar surface area (TPSA) is 135 Å². The van der Waals surface area contributed by atoms with Gasteiger partial charge in [0.1, 0.15) is 6.10 Å². The minimum atomic E-state index is -1.44. The van der Waals surface area contributed by atoms with Gasteiger partial charge in [0.2, 0.25) is 12.4 Å². The van der Waals surface area contributed by atoms with E-state index in [4.69, 9.17) is 23.7 Å². The Morgan fingerprint density at radius 2 is 1.17 bits per heavy atom. The Balaban J connectivity index is 3.23. The number of hydrogen-bond donors (Lipinski definition) is 1. The Morgan fingerprint density at radius 3 is 1.58 bits per heavy atom. The first-order chi connectivity index (χ1) is 11.1. The van der Waals surface area contributed by atoms with E-state index in [2.05, 4.69) is 0 Å². The van der Waals surface area contributed by atoms with E-state index in [1.54, 1.807) is 0 Å². The lowest BCUT2D eigenvalue weighted by Crippen LogP contribution is -2.62. The minimum absolute atomic E-state index is 0.625. The molecular formula is C14H20O10. The number of rotatable bonds is 5. The molecule has 1 aliphatic heterocycles. The third-order valence-electron chi connectivity index (χ3n) is 2.96. The Labute approximate surface area is 137 Å². The molecule has 0 aromatic heterocycles. The van der Waals surface area contributed by atoms with Crippen LogP contribution in [0.1, 0.15) is 27.7 Å². The summed E-state index contributed by atoms with van der Waals surface area (Å²) in [6.45, 7) is 3.77. The SMILES string of the molecule is CC(=O)OC1O[C@H](CO)[C@@H](OC(C)=O)[C@H](OC(C)=O)[C@@H]1OC(C)=O. The van der Waals surface area contributed by atoms with E-state index in [0.717, 1.165) is 27.7 Å². The summed E-state index contributed by atoms with van der Waals surface area (Å²) in [5.74, 6) is -3.00. The van der Waals surface area contributed by atoms with E-state index >= 15 is 0 Å². The molecule has 1 fully saturated rings. The molecule has 10 heteroatoms. The van der Waals surface area contributed by atoms with Crippen molar-refractivity contribution >= 4 is 23.9 Å². The van der Waals surface area contributed by atoms with Crippen LogP contribution in [-0.2, 0) is 42.9 Å². The number of ether oxygens (including phenoxy) is 5. The molecule has 1 aliphatic rings. The standard InChI is InChI=1S/C14H20O10/c1-6(16)20-11-10(5-15)24-14(23-9(4)19)13(22-8(3)18)12(11)21-7(2)17/h10-15H,5H2,1-4H3/t10-,11-,12+,13+,14?/m1/s1. The van der Waals surface area contributed by atoms with Crippen LogP contribution in [0.25, 0.3) is 0 Å². The molecule has 1 unspecified atom stereocenters. The van der Waals surface area contributed by atoms with Gasteiger partial charge in [0.25, 0.3) is 0 Å². The Morgan fingerprint density at radius 1 is 0.750 bits per heavy atom. The largest absolute Gasteiger partial charge is 0.456 e. The molecule has 0 aliphatic carbocycles. The smallest absolute Gasteiger partial charge is 0.305 e. The maximum absolute atomic E-state index is 11.4. The minimum Gasteiger partial charge on any atom is -0.456 e. The first-order valence-corrected chi connectivity index (χ1v) is 7.11. The van der Waals surface area contributed by atoms with Crippen LogP contribution in [0.2, 0.25) is 0 Å². The second-order valence-corrected chi connectivity index (χ2v) is 5.06. The van der Waals surface area contributed by atoms with Crippen LogP contribution in [0.5, 0.6) is 0 Å². The summed E-state index contributed by atoms with van der Waals surface area (Å²) < 4.78 is 25.4. The first kappa shape index (κ1) is 19.8. The molecule has 0 aromatic rings. The van der Waals surface area contributed by atoms with Gasteiger partial charge in [-0.25, -0.2) is 0 Å². The number of aliphatic hydroxyl groups is 1. The zero-order valence-electron chi connectivity index (χ0n) is 13.7. The fraction of sp³-hybridized carbons (Fsp3) is 0.714. The van der Waals surface area contributed by atoms with Crippen LogP contribution in [-0.4, -0.2) is 66.3 Å². The van der Waals surface area contributed by atoms with E-state index in [1.807, 2.05) is 0 Å². The summed E-state index contributed by atoms with van der Waals surface area (Å²) in [5.41, 5.74) is 0. The monoisotopic (exact) mass is 348 g/mol. The quantitative estimate of drug-likeness (QED) is 0.490. The van der Waals surface area contributed by atoms with Crippen LogP contribution in [0.15, 0.2) is 0 Å². The summed E-state index contributed by atoms with van der Waals surface area (Å²) in [6.07, 6.45) is -6.56. The molecule has 0 aromatic carbocycles. The molecule has 1 N–H and O–H groups in total. The van der Waals surface area contributed by atoms with Gasteiger partial charge in [0, 0.05) is 27.7 Å². The highest BCUT2D eigenvalue weighted by Gasteiger charge is 2.53. The molecule has 0 bridgehead atoms. The summed E-state index contributed by atoms with van der Waals surface area (Å²) >= 11 is 0. The van der Waals surface area contributed by atoms with Gasteiger partial charge >= 0.3 is 23.9 Å². The van der Waals surface area contributed by atoms with Crippen LogP contribution < -0.4 is 0 Å². The predicted octanol–water partition coefficient (Wildman–Crippen LogP) is -0.938. The van der Waals surface area contributed by atoms with Gasteiger partial charge in [-0.3, -0.25) is 19.2 Å². The number of carbonyl (C=O) groups is 4. The van der Waals surface area contributed by atoms with Crippen molar-refractivity contribution in [3.8, 4) is 0 Å². The molecule has 1 rings (SSSR count). The van der Waals surface area contributed by atoms with Crippen molar-refractivity contribution in [1.29, 1.82) is 0 Å². The van der Waals surface area contributed by atoms with Crippen LogP contribution >= 0.6 is 0 Å². The molecule has 1 heterocycles. The first-order valence-electron chi connectivity index (χ1n) is 7.11. The number of carbonyl (C=O) groups excluding carboxylic acids is 4. The predicted molar refractivity (Wildman–Crippen MR) is 74.2 cm³/mol. The molecule has 0 spiro atoms. The van der Waals surface area contributed by atoms with Crippen molar-refractivity contribution in [3.05, 3.63) is 0 Å². The van der Waals surface area contributed by atoms with Crippen molar-refractivity contribution in [1.82, 2.24) is 0 Å². The molecule has 1 saturated heterocycles. The fourth-order valence-electron chi connectivity index (χ4n) is 2.26. The molecule has 5 atom stereocenters. The van der Waals surface area contributed by atoms with Gasteiger partial charge < -0.3 is 28.8 Å². The highest BCUT2D eigenvalue weighted by molar-refractivity contribution is 5.69. The lowest BCUT2D eigenvalue weighted by Gasteiger charge is -2.43. The summed E-state index contributed by atoms with van der Waals surface area (Å²) in [6, 6.07) is 0. The van der Waals surface area contributed by atoms with Crippen molar-refractivity contribution in [2.45, 2.75) is 58.4 Å². The van der Waals surface area contributed by atoms with Gasteiger partial charge in [-0.05, 0) is 0 Å². The number of hydrogen-bond acceptors (Lipinski definition) is 10. The Kier molecular flexibility index (Phi) is 7.11. The van der Waals surface area contributed by atoms with Gasteiger partial charge in [0.05, 0.1) is 6.61 Å². The Bertz CT molecular complexity index is 502. The average Bonchev–Trinajstić information content (AvgIpc) is 2.42. The van der Waals surface area contributed by atoms with Gasteiger partial charge in [0.15, 0.2) is 12.2 Å². The maximum Gasteiger partial charge on any atom is 0.305 e. The Hall–Kier alpha value is -2.20. The van der Waals surface area contributed by atoms with Gasteiger partial charge in [-0.2, -0.15) is 0 Å². The van der Waals surface area contributed by atoms with Crippen molar-refractivity contribution in [2.75, 3.05) is 6.61 Å². The van der Waals surface area contributed by atoms with E-state index < -0.39 is 61.2 Å². The zero-order valence-corrected chi connectivity index (χ0v) is 13.7. The molecule has 0 saturated carbocycles. The lowest BCUT2D eigenvalue weighted by molar-refractivity contribution is -0.299. The summed E-state index contributed by atoms with van der Waals surface area (Å²) in [7, 11) is 0. The lowest BCUT2D eigenvalue weighted by atomic mass is 9.98. The normalized spacial score (nSPS) is 29.3. The molecule has 10 nitrogen and oxygen atoms in total. The van der Waals surface area contributed by atoms with E-state index in [0.29, 0.717) is 0 Å². The van der Waals surface area contributed by atoms with E-state index in [1.165, 1.54) is 0 Å². The fourth-order valence-corrected chi connectivity index (χ4v) is 2.26. The summed E-state index contributed by atoms with van der Waals surface area (Å²) in [5, 5.41) is 9.44. The zero-order chi connectivity index (χ0) is 18.4. The van der Waals surface area contributed by atoms with Crippen LogP contribution in [0, 0.1) is 0 Å². The van der Waals surface area contributed by atoms with Gasteiger partial charge in [-0.15, -0.1) is 0 Å². The molecule has 24 heavy (non-hydrogen) atoms. The highest BCUT2D eigenvalue weighted by atomic mass is 16.7. The third-order valence-corrected chi connectivity index (χ3v) is 2.96. The number of esters is 4. The van der Waals surface area contributed by atoms with Crippen LogP contribution in [0.4, 0.5) is 0 Å². The van der Waals surface area contributed by atoms with Crippen molar-refractivity contribution < 1.29 is 48.0 Å². The molecular weight excluding hydrogens is 328 g/mol. The average molecular weight is 348 g/mol. The second kappa shape index (κ2) is 8.60. The van der Waals surface area contributed by atoms with Gasteiger partial charge in [-0.1, -0.05) is 0 Å². The second-order valence-electron chi connectivity index (χ2n) is 5.06. The van der Waals surface area contributed by atoms with E-state index in [-0.39, 0.29) is 0 Å². The third kappa shape index (κ3) is 5.46. The van der Waals surface area contributed by atoms with Crippen molar-refractivity contribution in [2.24, 2.45) is 0 Å². The van der Waals surface area contributed by atoms with Crippen molar-refractivity contribution in [3.63, 3.8) is 0 Å². The molecule has 0 radical (unpaired) electrons. The summed E-state index contributed by atoms with van der Waals surface area (Å²) in [4.78, 5) is 45.3. The molecule has 0 amide bonds. The highest BCUT2D eigenvalue weighted by Crippen LogP contribution is 2.29. The number of aliphatic hydroxyl groups excluding tert-OH is 1. The van der Waals surface area contributed by atoms with Crippen LogP contribution in [0.3, 0.4) is 0 Å².